The number of aryl methyl sites for hydroxylation is 1. The third-order valence-electron chi connectivity index (χ3n) is 4.64. The van der Waals surface area contributed by atoms with E-state index in [-0.39, 0.29) is 5.91 Å². The molecular formula is C21H23ClN2O2. The predicted molar refractivity (Wildman–Crippen MR) is 107 cm³/mol. The zero-order valence-corrected chi connectivity index (χ0v) is 15.9. The number of piperazine rings is 1. The van der Waals surface area contributed by atoms with Crippen LogP contribution >= 0.6 is 11.6 Å². The summed E-state index contributed by atoms with van der Waals surface area (Å²) in [4.78, 5) is 16.6. The highest BCUT2D eigenvalue weighted by Crippen LogP contribution is 2.21. The molecule has 1 heterocycles. The van der Waals surface area contributed by atoms with E-state index in [0.29, 0.717) is 18.1 Å². The number of hydrogen-bond donors (Lipinski definition) is 0. The van der Waals surface area contributed by atoms with Gasteiger partial charge in [-0.15, -0.1) is 0 Å². The van der Waals surface area contributed by atoms with Crippen LogP contribution in [0.2, 0.25) is 5.02 Å². The molecule has 0 bridgehead atoms. The van der Waals surface area contributed by atoms with Crippen LogP contribution < -0.4 is 9.64 Å². The lowest BCUT2D eigenvalue weighted by Crippen LogP contribution is -2.48. The van der Waals surface area contributed by atoms with E-state index in [4.69, 9.17) is 16.3 Å². The highest BCUT2D eigenvalue weighted by molar-refractivity contribution is 6.31. The summed E-state index contributed by atoms with van der Waals surface area (Å²) in [6.07, 6.45) is 3.45. The molecule has 0 aromatic heterocycles. The highest BCUT2D eigenvalue weighted by atomic mass is 35.5. The number of hydrogen-bond acceptors (Lipinski definition) is 3. The summed E-state index contributed by atoms with van der Waals surface area (Å²) in [6.45, 7) is 5.03. The van der Waals surface area contributed by atoms with Crippen molar-refractivity contribution in [2.75, 3.05) is 38.2 Å². The molecule has 0 N–H and O–H groups in total. The molecule has 3 rings (SSSR count). The summed E-state index contributed by atoms with van der Waals surface area (Å²) in [5.41, 5.74) is 3.12. The van der Waals surface area contributed by atoms with Crippen LogP contribution in [-0.4, -0.2) is 44.1 Å². The summed E-state index contributed by atoms with van der Waals surface area (Å²) in [5, 5.41) is 0.715. The van der Waals surface area contributed by atoms with Gasteiger partial charge in [0.2, 0.25) is 5.91 Å². The van der Waals surface area contributed by atoms with Crippen LogP contribution in [0, 0.1) is 6.92 Å². The van der Waals surface area contributed by atoms with E-state index in [9.17, 15) is 4.79 Å². The zero-order valence-electron chi connectivity index (χ0n) is 15.1. The number of nitrogens with zero attached hydrogens (tertiary/aromatic N) is 2. The summed E-state index contributed by atoms with van der Waals surface area (Å²) in [6, 6.07) is 13.8. The van der Waals surface area contributed by atoms with Crippen LogP contribution in [0.4, 0.5) is 5.69 Å². The number of ether oxygens (including phenoxy) is 1. The Bertz CT molecular complexity index is 794. The van der Waals surface area contributed by atoms with Gasteiger partial charge in [-0.1, -0.05) is 23.7 Å². The molecule has 1 aliphatic heterocycles. The van der Waals surface area contributed by atoms with E-state index in [1.807, 2.05) is 48.2 Å². The minimum absolute atomic E-state index is 0.0380. The Labute approximate surface area is 159 Å². The second-order valence-electron chi connectivity index (χ2n) is 6.35. The van der Waals surface area contributed by atoms with Gasteiger partial charge in [-0.3, -0.25) is 4.79 Å². The van der Waals surface area contributed by atoms with Gasteiger partial charge in [0.25, 0.3) is 0 Å². The van der Waals surface area contributed by atoms with Crippen molar-refractivity contribution in [3.8, 4) is 5.75 Å². The highest BCUT2D eigenvalue weighted by Gasteiger charge is 2.19. The number of carbonyl (C=O) groups is 1. The summed E-state index contributed by atoms with van der Waals surface area (Å²) in [7, 11) is 1.66. The molecule has 1 amide bonds. The molecule has 0 unspecified atom stereocenters. The molecule has 2 aromatic carbocycles. The molecule has 4 nitrogen and oxygen atoms in total. The lowest BCUT2D eigenvalue weighted by molar-refractivity contribution is -0.126. The van der Waals surface area contributed by atoms with Crippen molar-refractivity contribution in [3.05, 3.63) is 64.7 Å². The van der Waals surface area contributed by atoms with Gasteiger partial charge >= 0.3 is 0 Å². The summed E-state index contributed by atoms with van der Waals surface area (Å²) in [5.74, 6) is 0.889. The van der Waals surface area contributed by atoms with Crippen molar-refractivity contribution in [2.24, 2.45) is 0 Å². The molecule has 0 atom stereocenters. The number of benzene rings is 2. The molecule has 2 aromatic rings. The van der Waals surface area contributed by atoms with Crippen molar-refractivity contribution in [3.63, 3.8) is 0 Å². The third kappa shape index (κ3) is 4.38. The molecule has 0 radical (unpaired) electrons. The van der Waals surface area contributed by atoms with Crippen molar-refractivity contribution in [1.82, 2.24) is 4.90 Å². The Balaban J connectivity index is 1.55. The second-order valence-corrected chi connectivity index (χ2v) is 6.76. The second kappa shape index (κ2) is 8.28. The molecule has 0 aliphatic carbocycles. The smallest absolute Gasteiger partial charge is 0.246 e. The number of anilines is 1. The van der Waals surface area contributed by atoms with Crippen molar-refractivity contribution in [1.29, 1.82) is 0 Å². The standard InChI is InChI=1S/C21H23ClN2O2/c1-16-3-4-17(15-20(16)22)5-10-21(25)24-13-11-23(12-14-24)18-6-8-19(26-2)9-7-18/h3-10,15H,11-14H2,1-2H3. The first-order valence-corrected chi connectivity index (χ1v) is 9.07. The van der Waals surface area contributed by atoms with Crippen LogP contribution in [-0.2, 0) is 4.79 Å². The first-order valence-electron chi connectivity index (χ1n) is 8.69. The lowest BCUT2D eigenvalue weighted by atomic mass is 10.1. The Morgan fingerprint density at radius 2 is 1.77 bits per heavy atom. The minimum atomic E-state index is 0.0380. The molecule has 1 aliphatic rings. The molecule has 1 saturated heterocycles. The number of carbonyl (C=O) groups excluding carboxylic acids is 1. The molecule has 1 fully saturated rings. The predicted octanol–water partition coefficient (Wildman–Crippen LogP) is 4.02. The van der Waals surface area contributed by atoms with Crippen molar-refractivity contribution < 1.29 is 9.53 Å². The average molecular weight is 371 g/mol. The lowest BCUT2D eigenvalue weighted by Gasteiger charge is -2.35. The first-order chi connectivity index (χ1) is 12.6. The molecule has 136 valence electrons. The fourth-order valence-corrected chi connectivity index (χ4v) is 3.15. The number of halogens is 1. The maximum atomic E-state index is 12.4. The fraction of sp³-hybridized carbons (Fsp3) is 0.286. The maximum Gasteiger partial charge on any atom is 0.246 e. The molecular weight excluding hydrogens is 348 g/mol. The van der Waals surface area contributed by atoms with Gasteiger partial charge in [0, 0.05) is 43.0 Å². The topological polar surface area (TPSA) is 32.8 Å². The van der Waals surface area contributed by atoms with E-state index in [1.165, 1.54) is 0 Å². The molecule has 0 saturated carbocycles. The zero-order chi connectivity index (χ0) is 18.5. The normalized spacial score (nSPS) is 14.7. The van der Waals surface area contributed by atoms with Gasteiger partial charge in [-0.05, 0) is 54.5 Å². The van der Waals surface area contributed by atoms with E-state index < -0.39 is 0 Å². The minimum Gasteiger partial charge on any atom is -0.497 e. The number of rotatable bonds is 4. The van der Waals surface area contributed by atoms with Gasteiger partial charge in [0.1, 0.15) is 5.75 Å². The van der Waals surface area contributed by atoms with E-state index in [0.717, 1.165) is 35.7 Å². The SMILES string of the molecule is COc1ccc(N2CCN(C(=O)C=Cc3ccc(C)c(Cl)c3)CC2)cc1. The van der Waals surface area contributed by atoms with Gasteiger partial charge in [-0.2, -0.15) is 0 Å². The van der Waals surface area contributed by atoms with Gasteiger partial charge in [0.15, 0.2) is 0 Å². The third-order valence-corrected chi connectivity index (χ3v) is 5.05. The maximum absolute atomic E-state index is 12.4. The Hall–Kier alpha value is -2.46. The largest absolute Gasteiger partial charge is 0.497 e. The van der Waals surface area contributed by atoms with Crippen molar-refractivity contribution in [2.45, 2.75) is 6.92 Å². The quantitative estimate of drug-likeness (QED) is 0.762. The number of amides is 1. The Morgan fingerprint density at radius 3 is 2.38 bits per heavy atom. The summed E-state index contributed by atoms with van der Waals surface area (Å²) < 4.78 is 5.19. The van der Waals surface area contributed by atoms with Crippen LogP contribution in [0.3, 0.4) is 0 Å². The monoisotopic (exact) mass is 370 g/mol. The first kappa shape index (κ1) is 18.3. The van der Waals surface area contributed by atoms with Crippen LogP contribution in [0.15, 0.2) is 48.5 Å². The Kier molecular flexibility index (Phi) is 5.84. The Morgan fingerprint density at radius 1 is 1.08 bits per heavy atom. The fourth-order valence-electron chi connectivity index (χ4n) is 2.96. The molecule has 0 spiro atoms. The van der Waals surface area contributed by atoms with Crippen LogP contribution in [0.1, 0.15) is 11.1 Å². The van der Waals surface area contributed by atoms with E-state index in [2.05, 4.69) is 17.0 Å². The summed E-state index contributed by atoms with van der Waals surface area (Å²) >= 11 is 6.13. The van der Waals surface area contributed by atoms with E-state index >= 15 is 0 Å². The average Bonchev–Trinajstić information content (AvgIpc) is 2.69. The van der Waals surface area contributed by atoms with Crippen molar-refractivity contribution >= 4 is 29.3 Å². The van der Waals surface area contributed by atoms with Crippen LogP contribution in [0.25, 0.3) is 6.08 Å². The number of methoxy groups -OCH3 is 1. The molecule has 26 heavy (non-hydrogen) atoms. The van der Waals surface area contributed by atoms with Gasteiger partial charge in [-0.25, -0.2) is 0 Å². The van der Waals surface area contributed by atoms with Crippen LogP contribution in [0.5, 0.6) is 5.75 Å². The van der Waals surface area contributed by atoms with E-state index in [1.54, 1.807) is 13.2 Å². The van der Waals surface area contributed by atoms with Gasteiger partial charge < -0.3 is 14.5 Å². The molecule has 5 heteroatoms. The van der Waals surface area contributed by atoms with Gasteiger partial charge in [0.05, 0.1) is 7.11 Å².